The van der Waals surface area contributed by atoms with Gasteiger partial charge in [-0.25, -0.2) is 8.42 Å². The van der Waals surface area contributed by atoms with Gasteiger partial charge in [0.05, 0.1) is 11.5 Å². The molecule has 2 aliphatic rings. The van der Waals surface area contributed by atoms with Gasteiger partial charge in [-0.1, -0.05) is 28.1 Å². The molecule has 1 heterocycles. The van der Waals surface area contributed by atoms with Crippen LogP contribution in [-0.2, 0) is 19.4 Å². The number of amides is 2. The first-order valence-electron chi connectivity index (χ1n) is 8.32. The van der Waals surface area contributed by atoms with Crippen molar-refractivity contribution in [3.05, 3.63) is 34.3 Å². The minimum Gasteiger partial charge on any atom is -0.344 e. The number of hydrogen-bond donors (Lipinski definition) is 1. The quantitative estimate of drug-likeness (QED) is 0.783. The predicted octanol–water partition coefficient (Wildman–Crippen LogP) is 1.31. The van der Waals surface area contributed by atoms with E-state index < -0.39 is 15.9 Å². The van der Waals surface area contributed by atoms with Crippen LogP contribution in [0.3, 0.4) is 0 Å². The summed E-state index contributed by atoms with van der Waals surface area (Å²) in [5.41, 5.74) is 1.12. The topological polar surface area (TPSA) is 83.6 Å². The van der Waals surface area contributed by atoms with E-state index in [2.05, 4.69) is 21.2 Å². The molecule has 3 atom stereocenters. The van der Waals surface area contributed by atoms with Gasteiger partial charge in [0, 0.05) is 23.5 Å². The first-order chi connectivity index (χ1) is 11.8. The lowest BCUT2D eigenvalue weighted by atomic mass is 10.1. The lowest BCUT2D eigenvalue weighted by Gasteiger charge is -2.29. The molecular weight excluding hydrogens is 408 g/mol. The number of benzene rings is 1. The Labute approximate surface area is 156 Å². The molecule has 0 radical (unpaired) electrons. The van der Waals surface area contributed by atoms with Crippen LogP contribution >= 0.6 is 15.9 Å². The van der Waals surface area contributed by atoms with E-state index in [0.29, 0.717) is 0 Å². The molecule has 1 saturated carbocycles. The Bertz CT molecular complexity index is 782. The van der Waals surface area contributed by atoms with Gasteiger partial charge in [-0.05, 0) is 37.0 Å². The molecule has 1 aliphatic heterocycles. The highest BCUT2D eigenvalue weighted by molar-refractivity contribution is 9.10. The molecule has 3 unspecified atom stereocenters. The molecule has 0 aromatic heterocycles. The second-order valence-electron chi connectivity index (χ2n) is 6.71. The van der Waals surface area contributed by atoms with E-state index in [4.69, 9.17) is 0 Å². The molecular formula is C17H21BrN2O4S. The van der Waals surface area contributed by atoms with Crippen LogP contribution < -0.4 is 5.32 Å². The smallest absolute Gasteiger partial charge is 0.244 e. The van der Waals surface area contributed by atoms with Crippen LogP contribution in [0.1, 0.15) is 24.8 Å². The zero-order valence-electron chi connectivity index (χ0n) is 13.9. The Balaban J connectivity index is 1.52. The molecule has 1 aromatic rings. The van der Waals surface area contributed by atoms with Crippen LogP contribution in [-0.4, -0.2) is 55.8 Å². The molecule has 25 heavy (non-hydrogen) atoms. The number of carbonyl (C=O) groups is 2. The monoisotopic (exact) mass is 428 g/mol. The maximum Gasteiger partial charge on any atom is 0.244 e. The lowest BCUT2D eigenvalue weighted by molar-refractivity contribution is -0.136. The number of carbonyl (C=O) groups excluding carboxylic acids is 2. The Morgan fingerprint density at radius 1 is 1.28 bits per heavy atom. The van der Waals surface area contributed by atoms with Crippen molar-refractivity contribution in [3.63, 3.8) is 0 Å². The highest BCUT2D eigenvalue weighted by atomic mass is 79.9. The van der Waals surface area contributed by atoms with Gasteiger partial charge in [0.2, 0.25) is 11.8 Å². The normalized spacial score (nSPS) is 25.9. The van der Waals surface area contributed by atoms with Crippen LogP contribution in [0, 0.1) is 5.92 Å². The van der Waals surface area contributed by atoms with Gasteiger partial charge in [0.15, 0.2) is 9.84 Å². The van der Waals surface area contributed by atoms with Crippen molar-refractivity contribution in [2.45, 2.75) is 25.3 Å². The summed E-state index contributed by atoms with van der Waals surface area (Å²) in [7, 11) is -3.03. The maximum atomic E-state index is 12.4. The van der Waals surface area contributed by atoms with Gasteiger partial charge < -0.3 is 10.2 Å². The zero-order valence-corrected chi connectivity index (χ0v) is 16.3. The average Bonchev–Trinajstić information content (AvgIpc) is 3.35. The predicted molar refractivity (Wildman–Crippen MR) is 97.8 cm³/mol. The molecule has 3 rings (SSSR count). The zero-order chi connectivity index (χ0) is 18.2. The molecule has 1 aromatic carbocycles. The summed E-state index contributed by atoms with van der Waals surface area (Å²) in [6.45, 7) is 2.05. The fourth-order valence-electron chi connectivity index (χ4n) is 3.18. The number of nitrogens with zero attached hydrogens (tertiary/aromatic N) is 1. The molecule has 6 nitrogen and oxygen atoms in total. The van der Waals surface area contributed by atoms with E-state index in [1.165, 1.54) is 4.90 Å². The minimum absolute atomic E-state index is 0.00695. The summed E-state index contributed by atoms with van der Waals surface area (Å²) < 4.78 is 23.9. The van der Waals surface area contributed by atoms with E-state index in [0.717, 1.165) is 16.5 Å². The molecule has 1 aliphatic carbocycles. The van der Waals surface area contributed by atoms with Crippen LogP contribution in [0.5, 0.6) is 0 Å². The van der Waals surface area contributed by atoms with E-state index in [9.17, 15) is 18.0 Å². The standard InChI is InChI=1S/C17H21BrN2O4S/c1-11(17(22)20-5-7-25(23,24)8-6-20)19-16(21)15-10-14(15)12-3-2-4-13(18)9-12/h2-4,9,11,14-15H,5-8,10H2,1H3,(H,19,21). The molecule has 0 bridgehead atoms. The second-order valence-corrected chi connectivity index (χ2v) is 9.93. The summed E-state index contributed by atoms with van der Waals surface area (Å²) in [5.74, 6) is -0.260. The Hall–Kier alpha value is -1.41. The number of rotatable bonds is 4. The van der Waals surface area contributed by atoms with E-state index in [1.54, 1.807) is 6.92 Å². The van der Waals surface area contributed by atoms with Gasteiger partial charge in [-0.3, -0.25) is 9.59 Å². The summed E-state index contributed by atoms with van der Waals surface area (Å²) in [6.07, 6.45) is 0.783. The fraction of sp³-hybridized carbons (Fsp3) is 0.529. The third kappa shape index (κ3) is 4.41. The SMILES string of the molecule is CC(NC(=O)C1CC1c1cccc(Br)c1)C(=O)N1CCS(=O)(=O)CC1. The highest BCUT2D eigenvalue weighted by Crippen LogP contribution is 2.48. The number of halogens is 1. The van der Waals surface area contributed by atoms with Crippen LogP contribution in [0.15, 0.2) is 28.7 Å². The third-order valence-electron chi connectivity index (χ3n) is 4.79. The van der Waals surface area contributed by atoms with Gasteiger partial charge >= 0.3 is 0 Å². The van der Waals surface area contributed by atoms with Crippen molar-refractivity contribution in [2.24, 2.45) is 5.92 Å². The van der Waals surface area contributed by atoms with Crippen molar-refractivity contribution < 1.29 is 18.0 Å². The molecule has 2 amide bonds. The maximum absolute atomic E-state index is 12.4. The number of hydrogen-bond acceptors (Lipinski definition) is 4. The molecule has 8 heteroatoms. The van der Waals surface area contributed by atoms with Gasteiger partial charge in [-0.2, -0.15) is 0 Å². The van der Waals surface area contributed by atoms with Crippen molar-refractivity contribution in [1.82, 2.24) is 10.2 Å². The summed E-state index contributed by atoms with van der Waals surface area (Å²) in [5, 5.41) is 2.78. The van der Waals surface area contributed by atoms with Crippen molar-refractivity contribution in [1.29, 1.82) is 0 Å². The summed E-state index contributed by atoms with van der Waals surface area (Å²) in [6, 6.07) is 7.27. The van der Waals surface area contributed by atoms with Crippen molar-refractivity contribution in [3.8, 4) is 0 Å². The average molecular weight is 429 g/mol. The molecule has 2 fully saturated rings. The third-order valence-corrected chi connectivity index (χ3v) is 6.89. The first kappa shape index (κ1) is 18.4. The van der Waals surface area contributed by atoms with Crippen LogP contribution in [0.25, 0.3) is 0 Å². The second kappa shape index (κ2) is 7.07. The van der Waals surface area contributed by atoms with Crippen LogP contribution in [0.2, 0.25) is 0 Å². The molecule has 1 N–H and O–H groups in total. The van der Waals surface area contributed by atoms with Gasteiger partial charge in [0.1, 0.15) is 6.04 Å². The molecule has 1 saturated heterocycles. The molecule has 136 valence electrons. The van der Waals surface area contributed by atoms with Crippen LogP contribution in [0.4, 0.5) is 0 Å². The van der Waals surface area contributed by atoms with E-state index >= 15 is 0 Å². The molecule has 0 spiro atoms. The Kier molecular flexibility index (Phi) is 5.20. The summed E-state index contributed by atoms with van der Waals surface area (Å²) in [4.78, 5) is 26.3. The summed E-state index contributed by atoms with van der Waals surface area (Å²) >= 11 is 3.43. The Morgan fingerprint density at radius 2 is 1.96 bits per heavy atom. The van der Waals surface area contributed by atoms with Gasteiger partial charge in [0.25, 0.3) is 0 Å². The number of sulfone groups is 1. The largest absolute Gasteiger partial charge is 0.344 e. The minimum atomic E-state index is -3.03. The highest BCUT2D eigenvalue weighted by Gasteiger charge is 2.44. The first-order valence-corrected chi connectivity index (χ1v) is 10.9. The van der Waals surface area contributed by atoms with E-state index in [-0.39, 0.29) is 48.2 Å². The lowest BCUT2D eigenvalue weighted by Crippen LogP contribution is -2.52. The van der Waals surface area contributed by atoms with E-state index in [1.807, 2.05) is 24.3 Å². The Morgan fingerprint density at radius 3 is 2.60 bits per heavy atom. The van der Waals surface area contributed by atoms with Crippen molar-refractivity contribution in [2.75, 3.05) is 24.6 Å². The fourth-order valence-corrected chi connectivity index (χ4v) is 4.80. The van der Waals surface area contributed by atoms with Gasteiger partial charge in [-0.15, -0.1) is 0 Å². The van der Waals surface area contributed by atoms with Crippen molar-refractivity contribution >= 4 is 37.6 Å². The number of nitrogens with one attached hydrogen (secondary N) is 1.